The summed E-state index contributed by atoms with van der Waals surface area (Å²) in [6.07, 6.45) is 0.686. The van der Waals surface area contributed by atoms with Crippen molar-refractivity contribution in [2.45, 2.75) is 39.8 Å². The molecule has 1 aliphatic heterocycles. The fourth-order valence-corrected chi connectivity index (χ4v) is 5.25. The van der Waals surface area contributed by atoms with Gasteiger partial charge in [-0.25, -0.2) is 9.79 Å². The van der Waals surface area contributed by atoms with Crippen molar-refractivity contribution in [1.82, 2.24) is 4.57 Å². The molecule has 0 fully saturated rings. The van der Waals surface area contributed by atoms with Crippen LogP contribution in [-0.2, 0) is 9.53 Å². The number of hydrogen-bond donors (Lipinski definition) is 1. The van der Waals surface area contributed by atoms with Gasteiger partial charge >= 0.3 is 11.7 Å². The van der Waals surface area contributed by atoms with Gasteiger partial charge in [0.2, 0.25) is 5.75 Å². The summed E-state index contributed by atoms with van der Waals surface area (Å²) in [5.41, 5.74) is -1.40. The Morgan fingerprint density at radius 2 is 1.88 bits per heavy atom. The van der Waals surface area contributed by atoms with Gasteiger partial charge in [0.05, 0.1) is 50.5 Å². The second kappa shape index (κ2) is 11.1. The first-order valence-electron chi connectivity index (χ1n) is 12.0. The molecule has 13 nitrogen and oxygen atoms in total. The number of aromatic hydroxyl groups is 1. The first-order chi connectivity index (χ1) is 18.9. The van der Waals surface area contributed by atoms with Crippen molar-refractivity contribution in [3.05, 3.63) is 98.7 Å². The quantitative estimate of drug-likeness (QED) is 0.243. The van der Waals surface area contributed by atoms with E-state index >= 15 is 0 Å². The van der Waals surface area contributed by atoms with Crippen LogP contribution >= 0.6 is 11.3 Å². The lowest BCUT2D eigenvalue weighted by Crippen LogP contribution is -2.40. The Balaban J connectivity index is 1.97. The molecule has 0 aliphatic carbocycles. The fraction of sp³-hybridized carbons (Fsp3) is 0.269. The molecule has 2 aromatic carbocycles. The van der Waals surface area contributed by atoms with E-state index in [2.05, 4.69) is 4.99 Å². The topological polar surface area (TPSA) is 176 Å². The number of carbonyl (C=O) groups is 1. The largest absolute Gasteiger partial charge is 0.502 e. The van der Waals surface area contributed by atoms with Crippen LogP contribution in [0.15, 0.2) is 57.5 Å². The number of thiazole rings is 1. The first-order valence-corrected chi connectivity index (χ1v) is 12.9. The molecule has 208 valence electrons. The van der Waals surface area contributed by atoms with E-state index in [0.29, 0.717) is 29.7 Å². The fourth-order valence-electron chi connectivity index (χ4n) is 4.21. The van der Waals surface area contributed by atoms with Gasteiger partial charge in [0.15, 0.2) is 4.80 Å². The lowest BCUT2D eigenvalue weighted by molar-refractivity contribution is -0.394. The van der Waals surface area contributed by atoms with Crippen LogP contribution in [0.3, 0.4) is 0 Å². The highest BCUT2D eigenvalue weighted by atomic mass is 32.1. The van der Waals surface area contributed by atoms with Crippen LogP contribution in [0.5, 0.6) is 11.5 Å². The van der Waals surface area contributed by atoms with Gasteiger partial charge < -0.3 is 14.6 Å². The summed E-state index contributed by atoms with van der Waals surface area (Å²) in [7, 11) is 0. The Kier molecular flexibility index (Phi) is 7.81. The molecule has 0 saturated carbocycles. The van der Waals surface area contributed by atoms with Gasteiger partial charge in [0.1, 0.15) is 5.75 Å². The van der Waals surface area contributed by atoms with Crippen molar-refractivity contribution in [3.8, 4) is 11.5 Å². The standard InChI is InChI=1S/C26H24N4O9S/c1-5-38-18-8-6-15(7-9-18)22-21(25(33)39-13(2)3)14(4)27-26-28(22)24(32)20(40-26)11-16-10-17(29(34)35)12-19(23(16)31)30(36)37/h6-13,22,31H,5H2,1-4H3/b20-11+/t22-/m1/s1. The van der Waals surface area contributed by atoms with Crippen molar-refractivity contribution in [1.29, 1.82) is 0 Å². The van der Waals surface area contributed by atoms with E-state index in [9.17, 15) is 34.9 Å². The zero-order valence-corrected chi connectivity index (χ0v) is 22.6. The minimum absolute atomic E-state index is 0.0222. The molecular formula is C26H24N4O9S. The van der Waals surface area contributed by atoms with Crippen LogP contribution in [0.4, 0.5) is 11.4 Å². The van der Waals surface area contributed by atoms with E-state index < -0.39 is 50.6 Å². The maximum Gasteiger partial charge on any atom is 0.338 e. The van der Waals surface area contributed by atoms with E-state index in [4.69, 9.17) is 9.47 Å². The number of esters is 1. The maximum absolute atomic E-state index is 13.8. The van der Waals surface area contributed by atoms with Crippen molar-refractivity contribution in [2.24, 2.45) is 4.99 Å². The number of aromatic nitrogens is 1. The summed E-state index contributed by atoms with van der Waals surface area (Å²) in [6.45, 7) is 7.29. The zero-order chi connectivity index (χ0) is 29.3. The summed E-state index contributed by atoms with van der Waals surface area (Å²) in [5, 5.41) is 33.2. The van der Waals surface area contributed by atoms with Crippen LogP contribution in [0, 0.1) is 20.2 Å². The van der Waals surface area contributed by atoms with Gasteiger partial charge in [0, 0.05) is 11.6 Å². The molecule has 0 amide bonds. The number of phenols is 1. The molecule has 2 heterocycles. The van der Waals surface area contributed by atoms with Crippen LogP contribution in [0.1, 0.15) is 44.9 Å². The molecule has 3 aromatic rings. The van der Waals surface area contributed by atoms with E-state index in [1.54, 1.807) is 45.0 Å². The molecule has 0 unspecified atom stereocenters. The molecule has 0 bridgehead atoms. The number of benzene rings is 2. The van der Waals surface area contributed by atoms with Crippen molar-refractivity contribution in [2.75, 3.05) is 6.61 Å². The van der Waals surface area contributed by atoms with E-state index in [1.807, 2.05) is 6.92 Å². The van der Waals surface area contributed by atoms with Crippen molar-refractivity contribution < 1.29 is 29.2 Å². The molecular weight excluding hydrogens is 544 g/mol. The molecule has 40 heavy (non-hydrogen) atoms. The summed E-state index contributed by atoms with van der Waals surface area (Å²) in [4.78, 5) is 52.5. The highest BCUT2D eigenvalue weighted by Gasteiger charge is 2.34. The zero-order valence-electron chi connectivity index (χ0n) is 21.8. The highest BCUT2D eigenvalue weighted by molar-refractivity contribution is 7.07. The van der Waals surface area contributed by atoms with Gasteiger partial charge in [0.25, 0.3) is 11.2 Å². The third-order valence-electron chi connectivity index (χ3n) is 5.89. The van der Waals surface area contributed by atoms with Crippen molar-refractivity contribution in [3.63, 3.8) is 0 Å². The SMILES string of the molecule is CCOc1ccc([C@@H]2C(C(=O)OC(C)C)=C(C)N=c3s/c(=C/c4cc([N+](=O)[O-])cc([N+](=O)[O-])c4O)c(=O)n32)cc1. The van der Waals surface area contributed by atoms with Crippen LogP contribution in [-0.4, -0.2) is 38.2 Å². The molecule has 0 spiro atoms. The Morgan fingerprint density at radius 3 is 2.45 bits per heavy atom. The van der Waals surface area contributed by atoms with Gasteiger partial charge in [-0.05, 0) is 51.5 Å². The average molecular weight is 569 g/mol. The third-order valence-corrected chi connectivity index (χ3v) is 6.87. The molecule has 0 saturated heterocycles. The number of nitro groups is 2. The molecule has 14 heteroatoms. The van der Waals surface area contributed by atoms with Crippen molar-refractivity contribution >= 4 is 34.8 Å². The van der Waals surface area contributed by atoms with E-state index in [1.165, 1.54) is 4.57 Å². The molecule has 1 aromatic heterocycles. The lowest BCUT2D eigenvalue weighted by Gasteiger charge is -2.25. The molecule has 1 atom stereocenters. The minimum atomic E-state index is -0.955. The molecule has 1 N–H and O–H groups in total. The summed E-state index contributed by atoms with van der Waals surface area (Å²) in [5.74, 6) is -0.897. The summed E-state index contributed by atoms with van der Waals surface area (Å²) in [6, 6.07) is 7.46. The Bertz CT molecular complexity index is 1740. The number of phenolic OH excluding ortho intramolecular Hbond substituents is 1. The number of nitrogens with zero attached hydrogens (tertiary/aromatic N) is 4. The number of allylic oxidation sites excluding steroid dienone is 1. The molecule has 4 rings (SSSR count). The maximum atomic E-state index is 13.8. The number of hydrogen-bond acceptors (Lipinski definition) is 11. The molecule has 1 aliphatic rings. The van der Waals surface area contributed by atoms with Crippen LogP contribution < -0.4 is 19.6 Å². The van der Waals surface area contributed by atoms with Gasteiger partial charge in [-0.1, -0.05) is 23.5 Å². The second-order valence-electron chi connectivity index (χ2n) is 8.95. The van der Waals surface area contributed by atoms with Gasteiger partial charge in [-0.15, -0.1) is 0 Å². The lowest BCUT2D eigenvalue weighted by atomic mass is 9.96. The summed E-state index contributed by atoms with van der Waals surface area (Å²) < 4.78 is 12.2. The first kappa shape index (κ1) is 28.2. The number of nitro benzene ring substituents is 2. The average Bonchev–Trinajstić information content (AvgIpc) is 3.18. The monoisotopic (exact) mass is 568 g/mol. The predicted octanol–water partition coefficient (Wildman–Crippen LogP) is 3.11. The third kappa shape index (κ3) is 5.33. The van der Waals surface area contributed by atoms with Crippen LogP contribution in [0.25, 0.3) is 6.08 Å². The smallest absolute Gasteiger partial charge is 0.338 e. The predicted molar refractivity (Wildman–Crippen MR) is 144 cm³/mol. The Hall–Kier alpha value is -4.85. The number of non-ortho nitro benzene ring substituents is 1. The van der Waals surface area contributed by atoms with Gasteiger partial charge in [-0.2, -0.15) is 0 Å². The Labute approximate surface area is 230 Å². The normalized spacial score (nSPS) is 15.0. The van der Waals surface area contributed by atoms with E-state index in [0.717, 1.165) is 23.5 Å². The van der Waals surface area contributed by atoms with Gasteiger partial charge in [-0.3, -0.25) is 29.6 Å². The van der Waals surface area contributed by atoms with Crippen LogP contribution in [0.2, 0.25) is 0 Å². The second-order valence-corrected chi connectivity index (χ2v) is 9.96. The van der Waals surface area contributed by atoms with E-state index in [-0.39, 0.29) is 20.5 Å². The Morgan fingerprint density at radius 1 is 1.20 bits per heavy atom. The highest BCUT2D eigenvalue weighted by Crippen LogP contribution is 2.35. The minimum Gasteiger partial charge on any atom is -0.502 e. The number of ether oxygens (including phenoxy) is 2. The number of carbonyl (C=O) groups excluding carboxylic acids is 1. The number of fused-ring (bicyclic) bond motifs is 1. The number of rotatable bonds is 8. The molecule has 0 radical (unpaired) electrons. The summed E-state index contributed by atoms with van der Waals surface area (Å²) >= 11 is 0.902.